The van der Waals surface area contributed by atoms with Crippen LogP contribution in [0.15, 0.2) is 52.7 Å². The lowest BCUT2D eigenvalue weighted by Crippen LogP contribution is -2.53. The SMILES string of the molecule is CNCC(=O)OCC(=O)O[C@H](CN(CC(C)C)S(=O)(=O)c1ccc2c(c1)OCO2)[C@H](Cc1ccc(OCc2csc(C)n2)cc1)NC(=O)O[C@H]1CO[C@H]2OCC[C@H]21. The zero-order valence-corrected chi connectivity index (χ0v) is 33.8. The van der Waals surface area contributed by atoms with E-state index in [1.807, 2.05) is 26.2 Å². The van der Waals surface area contributed by atoms with E-state index in [9.17, 15) is 22.8 Å². The van der Waals surface area contributed by atoms with Gasteiger partial charge in [-0.25, -0.2) is 23.0 Å². The second-order valence-corrected chi connectivity index (χ2v) is 17.2. The number of esters is 2. The first-order valence-electron chi connectivity index (χ1n) is 18.6. The molecule has 0 radical (unpaired) electrons. The number of fused-ring (bicyclic) bond motifs is 2. The highest BCUT2D eigenvalue weighted by Crippen LogP contribution is 2.35. The number of nitrogens with zero attached hydrogens (tertiary/aromatic N) is 2. The molecule has 1 amide bonds. The molecule has 17 nitrogen and oxygen atoms in total. The van der Waals surface area contributed by atoms with E-state index in [0.29, 0.717) is 30.1 Å². The summed E-state index contributed by atoms with van der Waals surface area (Å²) in [6.45, 7) is 5.18. The fourth-order valence-corrected chi connectivity index (χ4v) is 8.83. The molecule has 0 unspecified atom stereocenters. The molecule has 57 heavy (non-hydrogen) atoms. The van der Waals surface area contributed by atoms with Crippen molar-refractivity contribution in [1.82, 2.24) is 19.9 Å². The lowest BCUT2D eigenvalue weighted by molar-refractivity contribution is -0.163. The van der Waals surface area contributed by atoms with Gasteiger partial charge >= 0.3 is 18.0 Å². The van der Waals surface area contributed by atoms with Crippen molar-refractivity contribution in [2.75, 3.05) is 53.3 Å². The van der Waals surface area contributed by atoms with Crippen molar-refractivity contribution >= 4 is 39.4 Å². The number of alkyl carbamates (subject to hydrolysis) is 1. The van der Waals surface area contributed by atoms with Gasteiger partial charge in [0.2, 0.25) is 16.8 Å². The second-order valence-electron chi connectivity index (χ2n) is 14.2. The number of aryl methyl sites for hydroxylation is 1. The lowest BCUT2D eigenvalue weighted by atomic mass is 10.0. The summed E-state index contributed by atoms with van der Waals surface area (Å²) in [6, 6.07) is 10.4. The summed E-state index contributed by atoms with van der Waals surface area (Å²) < 4.78 is 74.8. The Morgan fingerprint density at radius 1 is 1.04 bits per heavy atom. The molecule has 1 aromatic heterocycles. The van der Waals surface area contributed by atoms with Crippen LogP contribution in [-0.4, -0.2) is 114 Å². The Morgan fingerprint density at radius 3 is 2.56 bits per heavy atom. The zero-order valence-electron chi connectivity index (χ0n) is 32.2. The number of ether oxygens (including phenoxy) is 8. The Bertz CT molecular complexity index is 1960. The number of carbonyl (C=O) groups excluding carboxylic acids is 3. The van der Waals surface area contributed by atoms with Crippen LogP contribution in [0.25, 0.3) is 0 Å². The Balaban J connectivity index is 1.29. The van der Waals surface area contributed by atoms with E-state index in [1.54, 1.807) is 31.3 Å². The molecule has 2 aromatic carbocycles. The van der Waals surface area contributed by atoms with Crippen LogP contribution in [0.1, 0.15) is 36.5 Å². The number of rotatable bonds is 19. The minimum Gasteiger partial charge on any atom is -0.487 e. The predicted molar refractivity (Wildman–Crippen MR) is 203 cm³/mol. The molecule has 0 aliphatic carbocycles. The van der Waals surface area contributed by atoms with Crippen molar-refractivity contribution in [3.05, 3.63) is 64.1 Å². The molecule has 0 saturated carbocycles. The van der Waals surface area contributed by atoms with E-state index in [2.05, 4.69) is 15.6 Å². The van der Waals surface area contributed by atoms with Gasteiger partial charge in [-0.15, -0.1) is 11.3 Å². The number of hydrogen-bond acceptors (Lipinski definition) is 16. The zero-order chi connectivity index (χ0) is 40.5. The molecule has 2 N–H and O–H groups in total. The van der Waals surface area contributed by atoms with Crippen LogP contribution in [0.3, 0.4) is 0 Å². The summed E-state index contributed by atoms with van der Waals surface area (Å²) in [5.41, 5.74) is 1.50. The normalized spacial score (nSPS) is 19.6. The molecule has 19 heteroatoms. The maximum atomic E-state index is 14.4. The van der Waals surface area contributed by atoms with E-state index >= 15 is 0 Å². The lowest BCUT2D eigenvalue weighted by Gasteiger charge is -2.33. The third kappa shape index (κ3) is 11.3. The number of likely N-dealkylation sites (N-methyl/N-ethyl adjacent to an activating group) is 1. The molecule has 5 atom stereocenters. The third-order valence-electron chi connectivity index (χ3n) is 9.32. The predicted octanol–water partition coefficient (Wildman–Crippen LogP) is 3.18. The van der Waals surface area contributed by atoms with Crippen molar-refractivity contribution in [2.45, 2.75) is 69.7 Å². The van der Waals surface area contributed by atoms with E-state index in [4.69, 9.17) is 37.9 Å². The topological polar surface area (TPSA) is 199 Å². The largest absolute Gasteiger partial charge is 0.487 e. The molecular weight excluding hydrogens is 785 g/mol. The van der Waals surface area contributed by atoms with Crippen LogP contribution in [0.5, 0.6) is 17.2 Å². The molecule has 2 fully saturated rings. The first-order valence-corrected chi connectivity index (χ1v) is 20.9. The van der Waals surface area contributed by atoms with Gasteiger partial charge in [0.25, 0.3) is 0 Å². The van der Waals surface area contributed by atoms with Crippen molar-refractivity contribution in [3.8, 4) is 17.2 Å². The minimum atomic E-state index is -4.26. The maximum absolute atomic E-state index is 14.4. The highest BCUT2D eigenvalue weighted by molar-refractivity contribution is 7.89. The number of nitrogens with one attached hydrogen (secondary N) is 2. The van der Waals surface area contributed by atoms with Crippen LogP contribution >= 0.6 is 11.3 Å². The second kappa shape index (κ2) is 19.3. The smallest absolute Gasteiger partial charge is 0.407 e. The molecule has 3 aliphatic heterocycles. The molecule has 4 heterocycles. The fourth-order valence-electron chi connectivity index (χ4n) is 6.60. The Kier molecular flexibility index (Phi) is 14.2. The molecule has 3 aromatic rings. The van der Waals surface area contributed by atoms with Crippen LogP contribution in [-0.2, 0) is 56.3 Å². The van der Waals surface area contributed by atoms with Crippen LogP contribution in [0, 0.1) is 18.8 Å². The molecular formula is C38H48N4O13S2. The van der Waals surface area contributed by atoms with E-state index in [1.165, 1.54) is 33.8 Å². The van der Waals surface area contributed by atoms with Gasteiger partial charge in [0.15, 0.2) is 24.4 Å². The van der Waals surface area contributed by atoms with Crippen LogP contribution in [0.4, 0.5) is 4.79 Å². The molecule has 0 bridgehead atoms. The van der Waals surface area contributed by atoms with E-state index in [0.717, 1.165) is 10.7 Å². The first kappa shape index (κ1) is 42.1. The number of sulfonamides is 1. The number of thiazole rings is 1. The van der Waals surface area contributed by atoms with Crippen molar-refractivity contribution in [3.63, 3.8) is 0 Å². The van der Waals surface area contributed by atoms with Gasteiger partial charge in [0.05, 0.1) is 53.9 Å². The highest BCUT2D eigenvalue weighted by atomic mass is 32.2. The Hall–Kier alpha value is -4.53. The van der Waals surface area contributed by atoms with Crippen molar-refractivity contribution in [1.29, 1.82) is 0 Å². The van der Waals surface area contributed by atoms with Crippen LogP contribution in [0.2, 0.25) is 0 Å². The number of benzene rings is 2. The summed E-state index contributed by atoms with van der Waals surface area (Å²) in [5.74, 6) is -0.717. The maximum Gasteiger partial charge on any atom is 0.407 e. The molecule has 6 rings (SSSR count). The average molecular weight is 833 g/mol. The summed E-state index contributed by atoms with van der Waals surface area (Å²) >= 11 is 1.53. The Labute approximate surface area is 335 Å². The van der Waals surface area contributed by atoms with E-state index < -0.39 is 65.7 Å². The Morgan fingerprint density at radius 2 is 1.82 bits per heavy atom. The van der Waals surface area contributed by atoms with Crippen LogP contribution < -0.4 is 24.8 Å². The van der Waals surface area contributed by atoms with Gasteiger partial charge in [-0.3, -0.25) is 4.79 Å². The highest BCUT2D eigenvalue weighted by Gasteiger charge is 2.44. The summed E-state index contributed by atoms with van der Waals surface area (Å²) in [6.07, 6.45) is -2.49. The fraction of sp³-hybridized carbons (Fsp3) is 0.526. The number of carbonyl (C=O) groups is 3. The quantitative estimate of drug-likeness (QED) is 0.132. The van der Waals surface area contributed by atoms with Gasteiger partial charge in [-0.2, -0.15) is 4.31 Å². The van der Waals surface area contributed by atoms with Gasteiger partial charge < -0.3 is 48.5 Å². The van der Waals surface area contributed by atoms with Crippen molar-refractivity contribution < 1.29 is 60.7 Å². The summed E-state index contributed by atoms with van der Waals surface area (Å²) in [5, 5.41) is 8.37. The molecule has 2 saturated heterocycles. The molecule has 0 spiro atoms. The van der Waals surface area contributed by atoms with Crippen molar-refractivity contribution in [2.24, 2.45) is 11.8 Å². The van der Waals surface area contributed by atoms with Gasteiger partial charge in [-0.1, -0.05) is 26.0 Å². The first-order chi connectivity index (χ1) is 27.4. The molecule has 310 valence electrons. The van der Waals surface area contributed by atoms with E-state index in [-0.39, 0.29) is 62.0 Å². The summed E-state index contributed by atoms with van der Waals surface area (Å²) in [7, 11) is -2.71. The molecule has 3 aliphatic rings. The third-order valence-corrected chi connectivity index (χ3v) is 12.0. The number of amides is 1. The average Bonchev–Trinajstić information content (AvgIpc) is 4.00. The van der Waals surface area contributed by atoms with Gasteiger partial charge in [0, 0.05) is 18.0 Å². The van der Waals surface area contributed by atoms with Gasteiger partial charge in [0.1, 0.15) is 24.6 Å². The number of hydrogen-bond donors (Lipinski definition) is 2. The summed E-state index contributed by atoms with van der Waals surface area (Å²) in [4.78, 5) is 43.6. The minimum absolute atomic E-state index is 0.0200. The van der Waals surface area contributed by atoms with Gasteiger partial charge in [-0.05, 0) is 62.6 Å². The monoisotopic (exact) mass is 832 g/mol. The standard InChI is InChI=1S/C38H48N4O13S2/c1-23(2)16-42(57(46,47)28-9-10-31-32(14-28)53-22-52-31)17-33(54-36(44)20-50-35(43)15-39-4)30(41-38(45)55-34-19-51-37-29(34)11-12-48-37)13-25-5-7-27(8-6-25)49-18-26-21-56-24(3)40-26/h5-10,14,21,23,29-30,33-34,37,39H,11-13,15-20,22H2,1-4H3,(H,41,45)/t29-,30-,33+,34-,37+/m0/s1. The number of aromatic nitrogens is 1.